The summed E-state index contributed by atoms with van der Waals surface area (Å²) in [7, 11) is -9.73. The normalized spacial score (nSPS) is 15.4. The zero-order chi connectivity index (χ0) is 46.0. The molecule has 0 heterocycles. The van der Waals surface area contributed by atoms with Gasteiger partial charge < -0.3 is 34.4 Å². The summed E-state index contributed by atoms with van der Waals surface area (Å²) in [5.41, 5.74) is 0. The molecule has 0 aromatic rings. The van der Waals surface area contributed by atoms with Gasteiger partial charge in [0.1, 0.15) is 12.7 Å². The van der Waals surface area contributed by atoms with Crippen LogP contribution in [0.15, 0.2) is 97.2 Å². The first-order chi connectivity index (χ1) is 29.8. The minimum absolute atomic E-state index is 0.0272. The van der Waals surface area contributed by atoms with E-state index >= 15 is 0 Å². The topological polar surface area (TPSA) is 216 Å². The molecule has 0 spiro atoms. The van der Waals surface area contributed by atoms with Gasteiger partial charge in [0.05, 0.1) is 25.9 Å². The maximum Gasteiger partial charge on any atom is 0.472 e. The molecule has 1 unspecified atom stereocenters. The fraction of sp³-hybridized carbons (Fsp3) is 0.609. The van der Waals surface area contributed by atoms with Crippen molar-refractivity contribution >= 4 is 27.6 Å². The van der Waals surface area contributed by atoms with Crippen LogP contribution in [0.25, 0.3) is 0 Å². The highest BCUT2D eigenvalue weighted by Gasteiger charge is 2.28. The minimum atomic E-state index is -4.88. The largest absolute Gasteiger partial charge is 0.472 e. The first-order valence-corrected chi connectivity index (χ1v) is 25.0. The lowest BCUT2D eigenvalue weighted by atomic mass is 10.1. The Labute approximate surface area is 371 Å². The zero-order valence-electron chi connectivity index (χ0n) is 37.0. The Bertz CT molecular complexity index is 1480. The molecule has 4 atom stereocenters. The van der Waals surface area contributed by atoms with Gasteiger partial charge in [-0.3, -0.25) is 23.2 Å². The molecule has 16 heteroatoms. The summed E-state index contributed by atoms with van der Waals surface area (Å²) >= 11 is 0. The number of phosphoric acid groups is 2. The molecule has 0 saturated heterocycles. The van der Waals surface area contributed by atoms with E-state index < -0.39 is 66.2 Å². The molecule has 354 valence electrons. The van der Waals surface area contributed by atoms with Gasteiger partial charge in [-0.15, -0.1) is 0 Å². The summed E-state index contributed by atoms with van der Waals surface area (Å²) in [6.07, 6.45) is 44.5. The van der Waals surface area contributed by atoms with Crippen molar-refractivity contribution in [2.24, 2.45) is 0 Å². The molecule has 0 aliphatic carbocycles. The van der Waals surface area contributed by atoms with E-state index in [1.807, 2.05) is 30.4 Å². The van der Waals surface area contributed by atoms with E-state index in [9.17, 15) is 33.8 Å². The van der Waals surface area contributed by atoms with Gasteiger partial charge in [0, 0.05) is 12.8 Å². The average Bonchev–Trinajstić information content (AvgIpc) is 3.23. The van der Waals surface area contributed by atoms with Crippen molar-refractivity contribution in [2.75, 3.05) is 26.4 Å². The van der Waals surface area contributed by atoms with Gasteiger partial charge in [0.15, 0.2) is 6.10 Å². The van der Waals surface area contributed by atoms with Gasteiger partial charge in [-0.05, 0) is 83.5 Å². The number of phosphoric ester groups is 2. The lowest BCUT2D eigenvalue weighted by Gasteiger charge is -2.20. The van der Waals surface area contributed by atoms with Crippen LogP contribution in [0, 0.1) is 0 Å². The third kappa shape index (κ3) is 43.6. The van der Waals surface area contributed by atoms with E-state index in [0.717, 1.165) is 89.9 Å². The molecule has 0 saturated carbocycles. The van der Waals surface area contributed by atoms with Gasteiger partial charge in [0.25, 0.3) is 0 Å². The number of unbranched alkanes of at least 4 members (excludes halogenated alkanes) is 6. The molecule has 0 bridgehead atoms. The average molecular weight is 915 g/mol. The Morgan fingerprint density at radius 1 is 0.532 bits per heavy atom. The molecule has 0 aliphatic heterocycles. The number of hydrogen-bond donors (Lipinski definition) is 5. The molecule has 0 amide bonds. The van der Waals surface area contributed by atoms with Gasteiger partial charge in [-0.1, -0.05) is 137 Å². The number of carbonyl (C=O) groups is 2. The smallest absolute Gasteiger partial charge is 0.462 e. The number of aliphatic hydroxyl groups is 2. The fourth-order valence-corrected chi connectivity index (χ4v) is 6.33. The van der Waals surface area contributed by atoms with E-state index in [0.29, 0.717) is 19.3 Å². The van der Waals surface area contributed by atoms with Crippen molar-refractivity contribution in [1.29, 1.82) is 0 Å². The lowest BCUT2D eigenvalue weighted by Crippen LogP contribution is -2.29. The van der Waals surface area contributed by atoms with E-state index in [2.05, 4.69) is 89.7 Å². The van der Waals surface area contributed by atoms with E-state index in [-0.39, 0.29) is 18.9 Å². The third-order valence-electron chi connectivity index (χ3n) is 8.52. The summed E-state index contributed by atoms with van der Waals surface area (Å²) in [5.74, 6) is -1.16. The van der Waals surface area contributed by atoms with Crippen LogP contribution in [0.3, 0.4) is 0 Å². The zero-order valence-corrected chi connectivity index (χ0v) is 38.8. The number of carbonyl (C=O) groups excluding carboxylic acids is 2. The van der Waals surface area contributed by atoms with E-state index in [1.54, 1.807) is 0 Å². The van der Waals surface area contributed by atoms with Crippen LogP contribution < -0.4 is 0 Å². The number of rotatable bonds is 40. The molecule has 0 rings (SSSR count). The monoisotopic (exact) mass is 914 g/mol. The van der Waals surface area contributed by atoms with Crippen molar-refractivity contribution in [3.05, 3.63) is 97.2 Å². The number of esters is 2. The molecule has 0 aromatic carbocycles. The lowest BCUT2D eigenvalue weighted by molar-refractivity contribution is -0.161. The van der Waals surface area contributed by atoms with Crippen LogP contribution in [0.1, 0.15) is 136 Å². The first kappa shape index (κ1) is 59.0. The summed E-state index contributed by atoms with van der Waals surface area (Å²) in [6, 6.07) is 0. The van der Waals surface area contributed by atoms with Gasteiger partial charge in [-0.25, -0.2) is 9.13 Å². The quantitative estimate of drug-likeness (QED) is 0.0167. The molecule has 0 aliphatic rings. The molecule has 0 radical (unpaired) electrons. The van der Waals surface area contributed by atoms with Gasteiger partial charge in [0.2, 0.25) is 0 Å². The summed E-state index contributed by atoms with van der Waals surface area (Å²) in [5, 5.41) is 19.6. The molecule has 14 nitrogen and oxygen atoms in total. The van der Waals surface area contributed by atoms with Crippen LogP contribution in [-0.4, -0.2) is 81.6 Å². The maximum absolute atomic E-state index is 12.7. The van der Waals surface area contributed by atoms with E-state index in [1.165, 1.54) is 0 Å². The predicted octanol–water partition coefficient (Wildman–Crippen LogP) is 10.3. The maximum atomic E-state index is 12.7. The van der Waals surface area contributed by atoms with Crippen LogP contribution in [0.5, 0.6) is 0 Å². The van der Waals surface area contributed by atoms with Gasteiger partial charge >= 0.3 is 27.6 Å². The Morgan fingerprint density at radius 3 is 1.58 bits per heavy atom. The highest BCUT2D eigenvalue weighted by atomic mass is 31.2. The molecular weight excluding hydrogens is 838 g/mol. The van der Waals surface area contributed by atoms with E-state index in [4.69, 9.17) is 23.8 Å². The van der Waals surface area contributed by atoms with Gasteiger partial charge in [-0.2, -0.15) is 0 Å². The summed E-state index contributed by atoms with van der Waals surface area (Å²) in [4.78, 5) is 52.7. The van der Waals surface area contributed by atoms with Crippen LogP contribution in [-0.2, 0) is 41.8 Å². The fourth-order valence-electron chi connectivity index (χ4n) is 5.17. The number of ether oxygens (including phenoxy) is 2. The molecular formula is C46H76O14P2. The number of hydrogen-bond acceptors (Lipinski definition) is 11. The molecule has 5 N–H and O–H groups in total. The number of aliphatic hydroxyl groups excluding tert-OH is 2. The second kappa shape index (κ2) is 40.8. The first-order valence-electron chi connectivity index (χ1n) is 22.0. The van der Waals surface area contributed by atoms with Crippen molar-refractivity contribution in [1.82, 2.24) is 0 Å². The molecule has 0 fully saturated rings. The molecule has 62 heavy (non-hydrogen) atoms. The Morgan fingerprint density at radius 2 is 1.02 bits per heavy atom. The van der Waals surface area contributed by atoms with Crippen LogP contribution in [0.2, 0.25) is 0 Å². The van der Waals surface area contributed by atoms with Crippen LogP contribution in [0.4, 0.5) is 0 Å². The van der Waals surface area contributed by atoms with Crippen LogP contribution >= 0.6 is 15.6 Å². The van der Waals surface area contributed by atoms with Crippen molar-refractivity contribution in [3.63, 3.8) is 0 Å². The van der Waals surface area contributed by atoms with Crippen molar-refractivity contribution in [3.8, 4) is 0 Å². The SMILES string of the molecule is CC/C=C\C/C=C\C/C=C\C/C=C\CCCCCCC(=O)OC[C@H](COP(=O)(O)OC[C@@H](O)COP(=O)(O)O)OC(=O)CCC/C=C\C/C=C\C/C=C\C/C=C\[C@H](O)CCCC. The highest BCUT2D eigenvalue weighted by molar-refractivity contribution is 7.47. The second-order valence-electron chi connectivity index (χ2n) is 14.4. The Balaban J connectivity index is 4.70. The highest BCUT2D eigenvalue weighted by Crippen LogP contribution is 2.43. The third-order valence-corrected chi connectivity index (χ3v) is 9.95. The Kier molecular flexibility index (Phi) is 38.8. The standard InChI is InChI=1S/C46H76O14P2/c1-3-5-7-8-9-10-11-12-13-14-15-16-20-23-26-29-32-36-45(49)56-40-44(41-59-62(54,55)58-39-43(48)38-57-61(51,52)53)60-46(50)37-33-30-27-24-21-18-17-19-22-25-28-31-35-42(47)34-6-4-2/h5,7,9-10,12-13,15-18,22,24-25,27,31,35,42-44,47-48H,3-4,6,8,11,14,19-21,23,26,28-30,32-34,36-41H2,1-2H3,(H,54,55)(H2,51,52,53)/b7-5-,10-9-,13-12-,16-15-,18-17-,25-22-,27-24-,35-31-/t42-,43+,44-/m1/s1. The predicted molar refractivity (Wildman–Crippen MR) is 245 cm³/mol. The molecule has 0 aromatic heterocycles. The summed E-state index contributed by atoms with van der Waals surface area (Å²) < 4.78 is 47.7. The number of allylic oxidation sites excluding steroid dienone is 15. The summed E-state index contributed by atoms with van der Waals surface area (Å²) in [6.45, 7) is 1.37. The second-order valence-corrected chi connectivity index (χ2v) is 17.1. The van der Waals surface area contributed by atoms with Crippen molar-refractivity contribution < 1.29 is 66.7 Å². The van der Waals surface area contributed by atoms with Crippen molar-refractivity contribution in [2.45, 2.75) is 154 Å². The Hall–Kier alpha value is -3.00. The minimum Gasteiger partial charge on any atom is -0.462 e.